The Balaban J connectivity index is 2.35. The second-order valence-corrected chi connectivity index (χ2v) is 5.61. The first-order chi connectivity index (χ1) is 8.99. The van der Waals surface area contributed by atoms with Crippen LogP contribution in [-0.2, 0) is 11.8 Å². The van der Waals surface area contributed by atoms with Gasteiger partial charge in [-0.05, 0) is 5.56 Å². The zero-order valence-corrected chi connectivity index (χ0v) is 11.6. The average molecular weight is 256 g/mol. The quantitative estimate of drug-likeness (QED) is 0.654. The van der Waals surface area contributed by atoms with Crippen molar-refractivity contribution in [2.75, 3.05) is 5.43 Å². The normalized spacial score (nSPS) is 11.4. The summed E-state index contributed by atoms with van der Waals surface area (Å²) in [6.45, 7) is 6.38. The lowest BCUT2D eigenvalue weighted by Crippen LogP contribution is -2.18. The summed E-state index contributed by atoms with van der Waals surface area (Å²) in [4.78, 5) is 9.05. The Morgan fingerprint density at radius 2 is 1.79 bits per heavy atom. The van der Waals surface area contributed by atoms with Gasteiger partial charge in [-0.1, -0.05) is 51.1 Å². The second kappa shape index (κ2) is 5.36. The van der Waals surface area contributed by atoms with Crippen LogP contribution < -0.4 is 11.3 Å². The maximum absolute atomic E-state index is 5.48. The fraction of sp³-hybridized carbons (Fsp3) is 0.333. The van der Waals surface area contributed by atoms with Crippen LogP contribution in [0.3, 0.4) is 0 Å². The highest BCUT2D eigenvalue weighted by molar-refractivity contribution is 5.37. The first-order valence-electron chi connectivity index (χ1n) is 6.38. The minimum atomic E-state index is -0.0278. The van der Waals surface area contributed by atoms with Crippen molar-refractivity contribution in [2.45, 2.75) is 32.6 Å². The van der Waals surface area contributed by atoms with Gasteiger partial charge in [0.2, 0.25) is 0 Å². The Morgan fingerprint density at radius 3 is 2.37 bits per heavy atom. The van der Waals surface area contributed by atoms with E-state index in [4.69, 9.17) is 5.84 Å². The fourth-order valence-electron chi connectivity index (χ4n) is 1.81. The van der Waals surface area contributed by atoms with Gasteiger partial charge >= 0.3 is 0 Å². The smallest absolute Gasteiger partial charge is 0.143 e. The highest BCUT2D eigenvalue weighted by atomic mass is 15.3. The minimum Gasteiger partial charge on any atom is -0.308 e. The lowest BCUT2D eigenvalue weighted by atomic mass is 9.92. The van der Waals surface area contributed by atoms with E-state index in [1.807, 2.05) is 24.3 Å². The molecule has 0 unspecified atom stereocenters. The molecule has 0 aliphatic carbocycles. The van der Waals surface area contributed by atoms with Gasteiger partial charge in [-0.3, -0.25) is 0 Å². The molecule has 0 amide bonds. The van der Waals surface area contributed by atoms with Gasteiger partial charge in [0.15, 0.2) is 0 Å². The minimum absolute atomic E-state index is 0.0278. The number of nitrogens with zero attached hydrogens (tertiary/aromatic N) is 2. The van der Waals surface area contributed by atoms with Crippen LogP contribution in [0.5, 0.6) is 0 Å². The standard InChI is InChI=1S/C15H20N4/c1-15(2,3)12-10-14(19-16)18-13(17-12)9-11-7-5-4-6-8-11/h4-8,10H,9,16H2,1-3H3,(H,17,18,19). The third-order valence-electron chi connectivity index (χ3n) is 2.89. The van der Waals surface area contributed by atoms with E-state index in [0.29, 0.717) is 12.2 Å². The van der Waals surface area contributed by atoms with Crippen LogP contribution in [0.25, 0.3) is 0 Å². The summed E-state index contributed by atoms with van der Waals surface area (Å²) >= 11 is 0. The molecular weight excluding hydrogens is 236 g/mol. The van der Waals surface area contributed by atoms with Crippen molar-refractivity contribution < 1.29 is 0 Å². The summed E-state index contributed by atoms with van der Waals surface area (Å²) in [5.74, 6) is 6.93. The molecule has 100 valence electrons. The third kappa shape index (κ3) is 3.51. The van der Waals surface area contributed by atoms with Crippen molar-refractivity contribution in [1.82, 2.24) is 9.97 Å². The lowest BCUT2D eigenvalue weighted by Gasteiger charge is -2.19. The molecule has 0 spiro atoms. The van der Waals surface area contributed by atoms with Crippen LogP contribution in [0.4, 0.5) is 5.82 Å². The second-order valence-electron chi connectivity index (χ2n) is 5.61. The molecule has 19 heavy (non-hydrogen) atoms. The van der Waals surface area contributed by atoms with Gasteiger partial charge < -0.3 is 5.43 Å². The van der Waals surface area contributed by atoms with Gasteiger partial charge in [-0.2, -0.15) is 0 Å². The maximum atomic E-state index is 5.48. The molecule has 1 aromatic carbocycles. The van der Waals surface area contributed by atoms with Crippen LogP contribution in [-0.4, -0.2) is 9.97 Å². The number of hydrogen-bond donors (Lipinski definition) is 2. The zero-order valence-electron chi connectivity index (χ0n) is 11.6. The summed E-state index contributed by atoms with van der Waals surface area (Å²) in [7, 11) is 0. The number of hydrazine groups is 1. The van der Waals surface area contributed by atoms with E-state index in [1.54, 1.807) is 0 Å². The number of rotatable bonds is 3. The Hall–Kier alpha value is -1.94. The number of nitrogen functional groups attached to an aromatic ring is 1. The Kier molecular flexibility index (Phi) is 3.81. The monoisotopic (exact) mass is 256 g/mol. The molecule has 0 saturated carbocycles. The summed E-state index contributed by atoms with van der Waals surface area (Å²) in [6.07, 6.45) is 0.708. The van der Waals surface area contributed by atoms with Crippen LogP contribution in [0.1, 0.15) is 37.9 Å². The molecule has 0 fully saturated rings. The molecule has 0 atom stereocenters. The predicted octanol–water partition coefficient (Wildman–Crippen LogP) is 2.65. The summed E-state index contributed by atoms with van der Waals surface area (Å²) in [6, 6.07) is 12.1. The van der Waals surface area contributed by atoms with Gasteiger partial charge in [0.25, 0.3) is 0 Å². The van der Waals surface area contributed by atoms with Crippen molar-refractivity contribution in [3.63, 3.8) is 0 Å². The van der Waals surface area contributed by atoms with Crippen LogP contribution in [0.15, 0.2) is 36.4 Å². The van der Waals surface area contributed by atoms with Crippen molar-refractivity contribution in [3.8, 4) is 0 Å². The molecule has 1 aromatic heterocycles. The summed E-state index contributed by atoms with van der Waals surface area (Å²) in [5.41, 5.74) is 4.77. The molecule has 0 saturated heterocycles. The number of hydrogen-bond acceptors (Lipinski definition) is 4. The molecular formula is C15H20N4. The van der Waals surface area contributed by atoms with Crippen molar-refractivity contribution in [1.29, 1.82) is 0 Å². The number of anilines is 1. The molecule has 2 aromatic rings. The van der Waals surface area contributed by atoms with E-state index in [1.165, 1.54) is 5.56 Å². The number of nitrogens with two attached hydrogens (primary N) is 1. The molecule has 4 heteroatoms. The number of benzene rings is 1. The van der Waals surface area contributed by atoms with Crippen LogP contribution >= 0.6 is 0 Å². The Labute approximate surface area is 114 Å². The number of nitrogens with one attached hydrogen (secondary N) is 1. The van der Waals surface area contributed by atoms with Gasteiger partial charge in [0, 0.05) is 17.9 Å². The largest absolute Gasteiger partial charge is 0.308 e. The molecule has 0 bridgehead atoms. The first kappa shape index (κ1) is 13.5. The van der Waals surface area contributed by atoms with E-state index in [9.17, 15) is 0 Å². The topological polar surface area (TPSA) is 63.8 Å². The highest BCUT2D eigenvalue weighted by Gasteiger charge is 2.17. The molecule has 2 rings (SSSR count). The Morgan fingerprint density at radius 1 is 1.11 bits per heavy atom. The third-order valence-corrected chi connectivity index (χ3v) is 2.89. The molecule has 1 heterocycles. The average Bonchev–Trinajstić information content (AvgIpc) is 2.38. The fourth-order valence-corrected chi connectivity index (χ4v) is 1.81. The predicted molar refractivity (Wildman–Crippen MR) is 77.8 cm³/mol. The van der Waals surface area contributed by atoms with Crippen LogP contribution in [0.2, 0.25) is 0 Å². The number of aromatic nitrogens is 2. The van der Waals surface area contributed by atoms with E-state index in [-0.39, 0.29) is 5.41 Å². The summed E-state index contributed by atoms with van der Waals surface area (Å²) < 4.78 is 0. The molecule has 0 aliphatic heterocycles. The van der Waals surface area contributed by atoms with E-state index in [0.717, 1.165) is 11.5 Å². The SMILES string of the molecule is CC(C)(C)c1cc(NN)nc(Cc2ccccc2)n1. The molecule has 4 nitrogen and oxygen atoms in total. The molecule has 0 aliphatic rings. The van der Waals surface area contributed by atoms with Gasteiger partial charge in [-0.25, -0.2) is 15.8 Å². The van der Waals surface area contributed by atoms with E-state index < -0.39 is 0 Å². The van der Waals surface area contributed by atoms with Crippen LogP contribution in [0, 0.1) is 0 Å². The van der Waals surface area contributed by atoms with Crippen molar-refractivity contribution in [3.05, 3.63) is 53.5 Å². The van der Waals surface area contributed by atoms with Crippen molar-refractivity contribution in [2.24, 2.45) is 5.84 Å². The van der Waals surface area contributed by atoms with Gasteiger partial charge in [-0.15, -0.1) is 0 Å². The lowest BCUT2D eigenvalue weighted by molar-refractivity contribution is 0.563. The Bertz CT molecular complexity index is 544. The van der Waals surface area contributed by atoms with Crippen molar-refractivity contribution >= 4 is 5.82 Å². The molecule has 0 radical (unpaired) electrons. The highest BCUT2D eigenvalue weighted by Crippen LogP contribution is 2.22. The van der Waals surface area contributed by atoms with Gasteiger partial charge in [0.1, 0.15) is 11.6 Å². The summed E-state index contributed by atoms with van der Waals surface area (Å²) in [5, 5.41) is 0. The van der Waals surface area contributed by atoms with E-state index in [2.05, 4.69) is 48.3 Å². The first-order valence-corrected chi connectivity index (χ1v) is 6.38. The van der Waals surface area contributed by atoms with E-state index >= 15 is 0 Å². The maximum Gasteiger partial charge on any atom is 0.143 e. The molecule has 3 N–H and O–H groups in total. The van der Waals surface area contributed by atoms with Gasteiger partial charge in [0.05, 0.1) is 5.69 Å². The zero-order chi connectivity index (χ0) is 13.9.